The highest BCUT2D eigenvalue weighted by molar-refractivity contribution is 6.40. The number of amides is 2. The molecule has 8 heteroatoms. The molecule has 0 radical (unpaired) electrons. The Kier molecular flexibility index (Phi) is 7.15. The molecule has 3 rings (SSSR count). The molecule has 3 aromatic rings. The number of para-hydroxylation sites is 1. The van der Waals surface area contributed by atoms with Gasteiger partial charge in [-0.25, -0.2) is 0 Å². The predicted molar refractivity (Wildman–Crippen MR) is 120 cm³/mol. The normalized spacial score (nSPS) is 11.5. The highest BCUT2D eigenvalue weighted by Gasteiger charge is 2.19. The quantitative estimate of drug-likeness (QED) is 0.403. The molecule has 2 aromatic carbocycles. The van der Waals surface area contributed by atoms with Gasteiger partial charge in [0.15, 0.2) is 5.69 Å². The highest BCUT2D eigenvalue weighted by Crippen LogP contribution is 2.38. The van der Waals surface area contributed by atoms with Gasteiger partial charge in [-0.1, -0.05) is 35.9 Å². The van der Waals surface area contributed by atoms with Gasteiger partial charge in [0.1, 0.15) is 0 Å². The Morgan fingerprint density at radius 1 is 1.06 bits per heavy atom. The average Bonchev–Trinajstić information content (AvgIpc) is 3.05. The second-order valence-corrected chi connectivity index (χ2v) is 7.37. The van der Waals surface area contributed by atoms with Gasteiger partial charge in [-0.3, -0.25) is 9.59 Å². The first-order valence-corrected chi connectivity index (χ1v) is 10.4. The molecular weight excluding hydrogens is 394 g/mol. The van der Waals surface area contributed by atoms with E-state index in [1.807, 2.05) is 37.3 Å². The van der Waals surface area contributed by atoms with E-state index in [-0.39, 0.29) is 11.6 Å². The van der Waals surface area contributed by atoms with E-state index in [1.165, 1.54) is 4.90 Å². The Morgan fingerprint density at radius 2 is 1.74 bits per heavy atom. The highest BCUT2D eigenvalue weighted by atomic mass is 16.3. The zero-order valence-corrected chi connectivity index (χ0v) is 18.1. The molecule has 0 aliphatic heterocycles. The number of anilines is 1. The molecule has 8 nitrogen and oxygen atoms in total. The van der Waals surface area contributed by atoms with Gasteiger partial charge in [-0.05, 0) is 39.0 Å². The van der Waals surface area contributed by atoms with Crippen LogP contribution in [-0.2, 0) is 16.1 Å². The molecule has 0 atom stereocenters. The van der Waals surface area contributed by atoms with Gasteiger partial charge in [-0.2, -0.15) is 0 Å². The number of rotatable bonds is 7. The van der Waals surface area contributed by atoms with E-state index in [1.54, 1.807) is 22.8 Å². The number of hydrogen-bond acceptors (Lipinski definition) is 4. The summed E-state index contributed by atoms with van der Waals surface area (Å²) in [5.41, 5.74) is 2.52. The summed E-state index contributed by atoms with van der Waals surface area (Å²) in [5.74, 6) is -1.99. The van der Waals surface area contributed by atoms with E-state index in [9.17, 15) is 14.7 Å². The van der Waals surface area contributed by atoms with Gasteiger partial charge in [0.05, 0.1) is 31.7 Å². The van der Waals surface area contributed by atoms with Crippen molar-refractivity contribution in [3.63, 3.8) is 0 Å². The van der Waals surface area contributed by atoms with Crippen LogP contribution in [0, 0.1) is 6.92 Å². The number of carbonyl (C=O) groups is 2. The Morgan fingerprint density at radius 3 is 2.42 bits per heavy atom. The lowest BCUT2D eigenvalue weighted by molar-refractivity contribution is -0.897. The Labute approximate surface area is 181 Å². The summed E-state index contributed by atoms with van der Waals surface area (Å²) in [4.78, 5) is 25.7. The zero-order valence-electron chi connectivity index (χ0n) is 18.1. The standard InChI is InChI=1S/C23H27N5O3/c1-4-27(5-2)14-15-28-19-9-7-6-8-18(19)20(23(28)31)25-26-22(30)21(29)24-17-12-10-16(3)11-13-17/h6-13,31H,4-5,14-15H2,1-3H3,(H,24,29)/p+1. The Hall–Kier alpha value is -3.52. The predicted octanol–water partition coefficient (Wildman–Crippen LogP) is 2.83. The van der Waals surface area contributed by atoms with E-state index in [0.29, 0.717) is 17.6 Å². The second-order valence-electron chi connectivity index (χ2n) is 7.37. The minimum absolute atomic E-state index is 0.0664. The number of nitrogens with zero attached hydrogens (tertiary/aromatic N) is 3. The monoisotopic (exact) mass is 422 g/mol. The molecule has 31 heavy (non-hydrogen) atoms. The lowest BCUT2D eigenvalue weighted by Crippen LogP contribution is -3.11. The number of benzene rings is 2. The topological polar surface area (TPSA) is 100 Å². The second kappa shape index (κ2) is 9.99. The third-order valence-electron chi connectivity index (χ3n) is 5.35. The summed E-state index contributed by atoms with van der Waals surface area (Å²) in [7, 11) is 0. The number of fused-ring (bicyclic) bond motifs is 1. The van der Waals surface area contributed by atoms with Crippen molar-refractivity contribution in [2.24, 2.45) is 10.2 Å². The number of quaternary nitrogens is 1. The summed E-state index contributed by atoms with van der Waals surface area (Å²) in [5, 5.41) is 21.4. The molecule has 0 unspecified atom stereocenters. The van der Waals surface area contributed by atoms with Crippen LogP contribution in [0.1, 0.15) is 19.4 Å². The van der Waals surface area contributed by atoms with Crippen molar-refractivity contribution >= 4 is 34.1 Å². The molecular formula is C23H28N5O3+. The molecule has 0 spiro atoms. The average molecular weight is 423 g/mol. The summed E-state index contributed by atoms with van der Waals surface area (Å²) >= 11 is 0. The minimum atomic E-state index is -1.04. The van der Waals surface area contributed by atoms with Crippen molar-refractivity contribution in [1.29, 1.82) is 0 Å². The number of aromatic nitrogens is 1. The van der Waals surface area contributed by atoms with Crippen molar-refractivity contribution in [3.8, 4) is 5.88 Å². The number of carbonyl (C=O) groups excluding carboxylic acids is 2. The fourth-order valence-corrected chi connectivity index (χ4v) is 3.43. The van der Waals surface area contributed by atoms with Crippen LogP contribution in [0.4, 0.5) is 11.4 Å². The maximum absolute atomic E-state index is 12.2. The van der Waals surface area contributed by atoms with Crippen molar-refractivity contribution < 1.29 is 19.6 Å². The Bertz CT molecular complexity index is 1100. The molecule has 0 aliphatic carbocycles. The minimum Gasteiger partial charge on any atom is -0.493 e. The molecule has 162 valence electrons. The molecule has 0 bridgehead atoms. The van der Waals surface area contributed by atoms with Crippen LogP contribution in [-0.4, -0.2) is 41.1 Å². The number of hydrogen-bond donors (Lipinski definition) is 3. The number of azo groups is 1. The smallest absolute Gasteiger partial charge is 0.353 e. The van der Waals surface area contributed by atoms with Crippen LogP contribution < -0.4 is 10.2 Å². The van der Waals surface area contributed by atoms with E-state index in [4.69, 9.17) is 0 Å². The van der Waals surface area contributed by atoms with Crippen LogP contribution in [0.3, 0.4) is 0 Å². The number of nitrogens with one attached hydrogen (secondary N) is 2. The molecule has 0 aliphatic rings. The zero-order chi connectivity index (χ0) is 22.4. The van der Waals surface area contributed by atoms with Crippen molar-refractivity contribution in [2.45, 2.75) is 27.3 Å². The SMILES string of the molecule is CC[NH+](CC)CCn1c(O)c(N=NC(=O)C(=O)Nc2ccc(C)cc2)c2ccccc21. The van der Waals surface area contributed by atoms with Crippen LogP contribution in [0.15, 0.2) is 58.8 Å². The fourth-order valence-electron chi connectivity index (χ4n) is 3.43. The molecule has 3 N–H and O–H groups in total. The van der Waals surface area contributed by atoms with Gasteiger partial charge in [-0.15, -0.1) is 10.2 Å². The van der Waals surface area contributed by atoms with E-state index < -0.39 is 11.8 Å². The first-order chi connectivity index (χ1) is 14.9. The fraction of sp³-hybridized carbons (Fsp3) is 0.304. The molecule has 0 fully saturated rings. The van der Waals surface area contributed by atoms with Gasteiger partial charge in [0.25, 0.3) is 0 Å². The van der Waals surface area contributed by atoms with Crippen LogP contribution in [0.25, 0.3) is 10.9 Å². The summed E-state index contributed by atoms with van der Waals surface area (Å²) in [6.07, 6.45) is 0. The van der Waals surface area contributed by atoms with Gasteiger partial charge >= 0.3 is 11.8 Å². The lowest BCUT2D eigenvalue weighted by Gasteiger charge is -2.16. The molecule has 0 saturated carbocycles. The molecule has 1 aromatic heterocycles. The van der Waals surface area contributed by atoms with Crippen molar-refractivity contribution in [1.82, 2.24) is 4.57 Å². The number of aryl methyl sites for hydroxylation is 1. The first kappa shape index (κ1) is 22.2. The lowest BCUT2D eigenvalue weighted by atomic mass is 10.2. The van der Waals surface area contributed by atoms with Crippen molar-refractivity contribution in [3.05, 3.63) is 54.1 Å². The van der Waals surface area contributed by atoms with Gasteiger partial charge in [0, 0.05) is 11.1 Å². The number of likely N-dealkylation sites (N-methyl/N-ethyl adjacent to an activating group) is 1. The molecule has 0 saturated heterocycles. The third kappa shape index (κ3) is 5.16. The summed E-state index contributed by atoms with van der Waals surface area (Å²) < 4.78 is 1.77. The number of aromatic hydroxyl groups is 1. The van der Waals surface area contributed by atoms with E-state index in [2.05, 4.69) is 29.4 Å². The summed E-state index contributed by atoms with van der Waals surface area (Å²) in [6.45, 7) is 9.60. The Balaban J connectivity index is 1.81. The maximum Gasteiger partial charge on any atom is 0.353 e. The third-order valence-corrected chi connectivity index (χ3v) is 5.35. The first-order valence-electron chi connectivity index (χ1n) is 10.4. The van der Waals surface area contributed by atoms with Crippen LogP contribution >= 0.6 is 0 Å². The van der Waals surface area contributed by atoms with E-state index in [0.717, 1.165) is 30.7 Å². The van der Waals surface area contributed by atoms with Gasteiger partial charge in [0.2, 0.25) is 5.88 Å². The van der Waals surface area contributed by atoms with Crippen LogP contribution in [0.5, 0.6) is 5.88 Å². The summed E-state index contributed by atoms with van der Waals surface area (Å²) in [6, 6.07) is 14.5. The van der Waals surface area contributed by atoms with Crippen molar-refractivity contribution in [2.75, 3.05) is 25.0 Å². The molecule has 2 amide bonds. The van der Waals surface area contributed by atoms with Crippen LogP contribution in [0.2, 0.25) is 0 Å². The molecule has 1 heterocycles. The maximum atomic E-state index is 12.2. The largest absolute Gasteiger partial charge is 0.493 e. The van der Waals surface area contributed by atoms with E-state index >= 15 is 0 Å². The van der Waals surface area contributed by atoms with Gasteiger partial charge < -0.3 is 19.9 Å².